The minimum absolute atomic E-state index is 0.0237. The molecule has 0 saturated heterocycles. The van der Waals surface area contributed by atoms with Crippen LogP contribution in [-0.2, 0) is 14.3 Å². The molecule has 0 saturated carbocycles. The summed E-state index contributed by atoms with van der Waals surface area (Å²) in [6.07, 6.45) is -0.0905. The molecule has 0 bridgehead atoms. The summed E-state index contributed by atoms with van der Waals surface area (Å²) in [5, 5.41) is 11.9. The first-order valence-corrected chi connectivity index (χ1v) is 6.50. The zero-order valence-electron chi connectivity index (χ0n) is 12.1. The number of hydrogen-bond donors (Lipinski definition) is 2. The Labute approximate surface area is 118 Å². The Balaban J connectivity index is 2.63. The molecule has 0 aliphatic carbocycles. The number of aliphatic carboxylic acids is 1. The summed E-state index contributed by atoms with van der Waals surface area (Å²) in [4.78, 5) is 22.5. The molecule has 1 unspecified atom stereocenters. The van der Waals surface area contributed by atoms with Crippen molar-refractivity contribution in [1.82, 2.24) is 5.32 Å². The van der Waals surface area contributed by atoms with Gasteiger partial charge < -0.3 is 9.84 Å². The second kappa shape index (κ2) is 7.05. The first-order valence-electron chi connectivity index (χ1n) is 6.50. The van der Waals surface area contributed by atoms with Crippen molar-refractivity contribution in [3.63, 3.8) is 0 Å². The lowest BCUT2D eigenvalue weighted by Gasteiger charge is -2.21. The van der Waals surface area contributed by atoms with Crippen molar-refractivity contribution in [3.8, 4) is 0 Å². The molecule has 1 atom stereocenters. The summed E-state index contributed by atoms with van der Waals surface area (Å²) in [6, 6.07) is 8.76. The lowest BCUT2D eigenvalue weighted by Crippen LogP contribution is -2.34. The van der Waals surface area contributed by atoms with Gasteiger partial charge in [-0.05, 0) is 26.3 Å². The van der Waals surface area contributed by atoms with Crippen LogP contribution >= 0.6 is 0 Å². The number of hydrogen-bond acceptors (Lipinski definition) is 4. The van der Waals surface area contributed by atoms with Gasteiger partial charge in [0.15, 0.2) is 0 Å². The number of esters is 1. The quantitative estimate of drug-likeness (QED) is 0.780. The van der Waals surface area contributed by atoms with E-state index < -0.39 is 23.6 Å². The minimum atomic E-state index is -0.921. The summed E-state index contributed by atoms with van der Waals surface area (Å²) in [7, 11) is 0. The highest BCUT2D eigenvalue weighted by atomic mass is 16.6. The standard InChI is InChI=1S/C15H21NO4/c1-15(2,3)20-14(19)10-16-12(9-13(17)18)11-7-5-4-6-8-11/h4-8,12,16H,9-10H2,1-3H3,(H,17,18). The van der Waals surface area contributed by atoms with Crippen molar-refractivity contribution in [2.24, 2.45) is 0 Å². The van der Waals surface area contributed by atoms with Crippen LogP contribution in [0, 0.1) is 0 Å². The summed E-state index contributed by atoms with van der Waals surface area (Å²) in [6.45, 7) is 5.34. The highest BCUT2D eigenvalue weighted by Crippen LogP contribution is 2.16. The molecule has 0 spiro atoms. The summed E-state index contributed by atoms with van der Waals surface area (Å²) in [5.74, 6) is -1.32. The SMILES string of the molecule is CC(C)(C)OC(=O)CNC(CC(=O)O)c1ccccc1. The fourth-order valence-electron chi connectivity index (χ4n) is 1.75. The monoisotopic (exact) mass is 279 g/mol. The average Bonchev–Trinajstić information content (AvgIpc) is 2.33. The predicted octanol–water partition coefficient (Wildman–Crippen LogP) is 2.13. The minimum Gasteiger partial charge on any atom is -0.481 e. The molecule has 110 valence electrons. The van der Waals surface area contributed by atoms with Gasteiger partial charge in [-0.3, -0.25) is 14.9 Å². The average molecular weight is 279 g/mol. The molecule has 0 fully saturated rings. The first kappa shape index (κ1) is 16.2. The van der Waals surface area contributed by atoms with Crippen LogP contribution in [-0.4, -0.2) is 29.2 Å². The second-order valence-corrected chi connectivity index (χ2v) is 5.53. The number of rotatable bonds is 6. The Morgan fingerprint density at radius 2 is 1.85 bits per heavy atom. The van der Waals surface area contributed by atoms with Crippen molar-refractivity contribution in [2.45, 2.75) is 38.8 Å². The van der Waals surface area contributed by atoms with E-state index in [0.717, 1.165) is 5.56 Å². The topological polar surface area (TPSA) is 75.6 Å². The maximum atomic E-state index is 11.6. The number of ether oxygens (including phenoxy) is 1. The van der Waals surface area contributed by atoms with Crippen LogP contribution in [0.2, 0.25) is 0 Å². The zero-order valence-corrected chi connectivity index (χ0v) is 12.1. The van der Waals surface area contributed by atoms with Crippen molar-refractivity contribution >= 4 is 11.9 Å². The third kappa shape index (κ3) is 6.33. The fraction of sp³-hybridized carbons (Fsp3) is 0.467. The molecule has 1 aromatic rings. The number of carboxylic acid groups (broad SMARTS) is 1. The maximum absolute atomic E-state index is 11.6. The van der Waals surface area contributed by atoms with Gasteiger partial charge in [-0.1, -0.05) is 30.3 Å². The first-order chi connectivity index (χ1) is 9.28. The molecule has 5 heteroatoms. The Morgan fingerprint density at radius 1 is 1.25 bits per heavy atom. The molecule has 0 radical (unpaired) electrons. The molecular formula is C15H21NO4. The van der Waals surface area contributed by atoms with Gasteiger partial charge in [-0.25, -0.2) is 0 Å². The predicted molar refractivity (Wildman–Crippen MR) is 75.3 cm³/mol. The number of carboxylic acids is 1. The van der Waals surface area contributed by atoms with Crippen molar-refractivity contribution in [1.29, 1.82) is 0 Å². The Hall–Kier alpha value is -1.88. The van der Waals surface area contributed by atoms with E-state index in [1.807, 2.05) is 30.3 Å². The molecule has 0 aliphatic heterocycles. The molecule has 0 amide bonds. The zero-order chi connectivity index (χ0) is 15.2. The lowest BCUT2D eigenvalue weighted by molar-refractivity contribution is -0.154. The highest BCUT2D eigenvalue weighted by molar-refractivity contribution is 5.72. The van der Waals surface area contributed by atoms with Crippen LogP contribution in [0.15, 0.2) is 30.3 Å². The van der Waals surface area contributed by atoms with Crippen molar-refractivity contribution < 1.29 is 19.4 Å². The fourth-order valence-corrected chi connectivity index (χ4v) is 1.75. The van der Waals surface area contributed by atoms with Gasteiger partial charge >= 0.3 is 11.9 Å². The van der Waals surface area contributed by atoms with Gasteiger partial charge in [0.1, 0.15) is 5.60 Å². The van der Waals surface area contributed by atoms with Crippen molar-refractivity contribution in [2.75, 3.05) is 6.54 Å². The van der Waals surface area contributed by atoms with Gasteiger partial charge in [0.25, 0.3) is 0 Å². The van der Waals surface area contributed by atoms with Gasteiger partial charge in [0, 0.05) is 6.04 Å². The molecule has 1 aromatic carbocycles. The Morgan fingerprint density at radius 3 is 2.35 bits per heavy atom. The number of benzene rings is 1. The molecular weight excluding hydrogens is 258 g/mol. The van der Waals surface area contributed by atoms with Gasteiger partial charge in [0.2, 0.25) is 0 Å². The number of carbonyl (C=O) groups excluding carboxylic acids is 1. The molecule has 0 heterocycles. The highest BCUT2D eigenvalue weighted by Gasteiger charge is 2.19. The third-order valence-electron chi connectivity index (χ3n) is 2.49. The van der Waals surface area contributed by atoms with E-state index in [-0.39, 0.29) is 13.0 Å². The Bertz CT molecular complexity index is 451. The molecule has 20 heavy (non-hydrogen) atoms. The molecule has 1 rings (SSSR count). The van der Waals surface area contributed by atoms with Crippen molar-refractivity contribution in [3.05, 3.63) is 35.9 Å². The van der Waals surface area contributed by atoms with Crippen LogP contribution in [0.4, 0.5) is 0 Å². The van der Waals surface area contributed by atoms with Crippen LogP contribution < -0.4 is 5.32 Å². The van der Waals surface area contributed by atoms with E-state index in [9.17, 15) is 9.59 Å². The normalized spacial score (nSPS) is 12.8. The van der Waals surface area contributed by atoms with Crippen LogP contribution in [0.3, 0.4) is 0 Å². The van der Waals surface area contributed by atoms with Gasteiger partial charge in [0.05, 0.1) is 13.0 Å². The van der Waals surface area contributed by atoms with E-state index in [2.05, 4.69) is 5.32 Å². The summed E-state index contributed by atoms with van der Waals surface area (Å²) < 4.78 is 5.18. The molecule has 0 aliphatic rings. The van der Waals surface area contributed by atoms with Crippen LogP contribution in [0.5, 0.6) is 0 Å². The number of nitrogens with one attached hydrogen (secondary N) is 1. The van der Waals surface area contributed by atoms with Gasteiger partial charge in [-0.15, -0.1) is 0 Å². The second-order valence-electron chi connectivity index (χ2n) is 5.53. The van der Waals surface area contributed by atoms with E-state index in [1.165, 1.54) is 0 Å². The van der Waals surface area contributed by atoms with Crippen LogP contribution in [0.25, 0.3) is 0 Å². The number of carbonyl (C=O) groups is 2. The van der Waals surface area contributed by atoms with E-state index in [0.29, 0.717) is 0 Å². The summed E-state index contributed by atoms with van der Waals surface area (Å²) in [5.41, 5.74) is 0.284. The molecule has 5 nitrogen and oxygen atoms in total. The van der Waals surface area contributed by atoms with E-state index >= 15 is 0 Å². The maximum Gasteiger partial charge on any atom is 0.320 e. The Kier molecular flexibility index (Phi) is 5.70. The summed E-state index contributed by atoms with van der Waals surface area (Å²) >= 11 is 0. The largest absolute Gasteiger partial charge is 0.481 e. The molecule has 0 aromatic heterocycles. The lowest BCUT2D eigenvalue weighted by atomic mass is 10.0. The van der Waals surface area contributed by atoms with Crippen LogP contribution in [0.1, 0.15) is 38.8 Å². The van der Waals surface area contributed by atoms with E-state index in [4.69, 9.17) is 9.84 Å². The third-order valence-corrected chi connectivity index (χ3v) is 2.49. The van der Waals surface area contributed by atoms with E-state index in [1.54, 1.807) is 20.8 Å². The van der Waals surface area contributed by atoms with Gasteiger partial charge in [-0.2, -0.15) is 0 Å². The smallest absolute Gasteiger partial charge is 0.320 e. The molecule has 2 N–H and O–H groups in total.